The van der Waals surface area contributed by atoms with Gasteiger partial charge in [-0.05, 0) is 28.9 Å². The van der Waals surface area contributed by atoms with E-state index >= 15 is 0 Å². The molecule has 0 spiro atoms. The fourth-order valence-electron chi connectivity index (χ4n) is 0.736. The van der Waals surface area contributed by atoms with Crippen LogP contribution >= 0.6 is 27.5 Å². The van der Waals surface area contributed by atoms with Crippen LogP contribution in [0.3, 0.4) is 0 Å². The summed E-state index contributed by atoms with van der Waals surface area (Å²) >= 11 is 8.71. The van der Waals surface area contributed by atoms with Crippen molar-refractivity contribution < 1.29 is 5.21 Å². The summed E-state index contributed by atoms with van der Waals surface area (Å²) in [5.74, 6) is 0. The third kappa shape index (κ3) is 1.87. The molecule has 4 nitrogen and oxygen atoms in total. The molecule has 0 bridgehead atoms. The van der Waals surface area contributed by atoms with Crippen LogP contribution in [0.25, 0.3) is 0 Å². The van der Waals surface area contributed by atoms with E-state index in [-0.39, 0.29) is 16.1 Å². The van der Waals surface area contributed by atoms with Crippen LogP contribution in [0.15, 0.2) is 10.5 Å². The second-order valence-electron chi connectivity index (χ2n) is 2.14. The SMILES string of the molecule is Cc1nc(Cl)c(Br)cc1N([O-])O. The van der Waals surface area contributed by atoms with E-state index in [1.165, 1.54) is 6.07 Å². The molecule has 1 aromatic heterocycles. The van der Waals surface area contributed by atoms with Gasteiger partial charge in [0.25, 0.3) is 0 Å². The topological polar surface area (TPSA) is 59.4 Å². The van der Waals surface area contributed by atoms with E-state index in [4.69, 9.17) is 16.8 Å². The fraction of sp³-hybridized carbons (Fsp3) is 0.167. The number of nitrogens with zero attached hydrogens (tertiary/aromatic N) is 2. The van der Waals surface area contributed by atoms with E-state index in [1.807, 2.05) is 0 Å². The second-order valence-corrected chi connectivity index (χ2v) is 3.35. The highest BCUT2D eigenvalue weighted by Crippen LogP contribution is 2.27. The van der Waals surface area contributed by atoms with Crippen molar-refractivity contribution in [1.29, 1.82) is 0 Å². The van der Waals surface area contributed by atoms with Gasteiger partial charge in [0.05, 0.1) is 15.9 Å². The molecule has 0 aromatic carbocycles. The predicted molar refractivity (Wildman–Crippen MR) is 49.3 cm³/mol. The summed E-state index contributed by atoms with van der Waals surface area (Å²) in [7, 11) is 0. The number of halogens is 2. The van der Waals surface area contributed by atoms with Crippen molar-refractivity contribution >= 4 is 33.2 Å². The molecule has 0 unspecified atom stereocenters. The van der Waals surface area contributed by atoms with Gasteiger partial charge in [0.1, 0.15) is 5.15 Å². The van der Waals surface area contributed by atoms with Crippen molar-refractivity contribution in [1.82, 2.24) is 4.98 Å². The first kappa shape index (κ1) is 9.73. The quantitative estimate of drug-likeness (QED) is 0.616. The highest BCUT2D eigenvalue weighted by molar-refractivity contribution is 9.10. The van der Waals surface area contributed by atoms with Crippen LogP contribution in [0.1, 0.15) is 5.69 Å². The molecule has 0 saturated heterocycles. The molecule has 0 radical (unpaired) electrons. The van der Waals surface area contributed by atoms with Gasteiger partial charge in [-0.2, -0.15) is 0 Å². The molecule has 0 atom stereocenters. The van der Waals surface area contributed by atoms with Gasteiger partial charge in [0, 0.05) is 0 Å². The molecule has 0 amide bonds. The average molecular weight is 252 g/mol. The second kappa shape index (κ2) is 3.57. The lowest BCUT2D eigenvalue weighted by Gasteiger charge is -2.23. The zero-order chi connectivity index (χ0) is 9.30. The Morgan fingerprint density at radius 3 is 2.83 bits per heavy atom. The summed E-state index contributed by atoms with van der Waals surface area (Å²) in [5, 5.41) is 19.1. The Balaban J connectivity index is 3.23. The lowest BCUT2D eigenvalue weighted by atomic mass is 10.3. The summed E-state index contributed by atoms with van der Waals surface area (Å²) in [6.07, 6.45) is 0. The van der Waals surface area contributed by atoms with Gasteiger partial charge in [0.15, 0.2) is 0 Å². The molecule has 66 valence electrons. The van der Waals surface area contributed by atoms with E-state index in [9.17, 15) is 5.21 Å². The van der Waals surface area contributed by atoms with E-state index in [2.05, 4.69) is 20.9 Å². The Bertz CT molecular complexity index is 306. The summed E-state index contributed by atoms with van der Waals surface area (Å²) in [6.45, 7) is 1.58. The van der Waals surface area contributed by atoms with E-state index in [0.717, 1.165) is 0 Å². The number of pyridine rings is 1. The molecule has 12 heavy (non-hydrogen) atoms. The van der Waals surface area contributed by atoms with Gasteiger partial charge in [-0.25, -0.2) is 4.98 Å². The first-order valence-corrected chi connectivity index (χ1v) is 4.18. The van der Waals surface area contributed by atoms with Gasteiger partial charge in [0.2, 0.25) is 0 Å². The van der Waals surface area contributed by atoms with Crippen molar-refractivity contribution in [3.63, 3.8) is 0 Å². The van der Waals surface area contributed by atoms with Crippen LogP contribution in [-0.4, -0.2) is 10.2 Å². The summed E-state index contributed by atoms with van der Waals surface area (Å²) < 4.78 is 0.472. The lowest BCUT2D eigenvalue weighted by molar-refractivity contribution is 0.295. The summed E-state index contributed by atoms with van der Waals surface area (Å²) in [5.41, 5.74) is 0.451. The maximum atomic E-state index is 10.5. The number of rotatable bonds is 1. The monoisotopic (exact) mass is 251 g/mol. The van der Waals surface area contributed by atoms with Crippen LogP contribution < -0.4 is 5.23 Å². The number of aryl methyl sites for hydroxylation is 1. The molecule has 0 saturated carbocycles. The molecule has 1 N–H and O–H groups in total. The molecular weight excluding hydrogens is 247 g/mol. The lowest BCUT2D eigenvalue weighted by Crippen LogP contribution is -2.09. The average Bonchev–Trinajstić information content (AvgIpc) is 1.96. The van der Waals surface area contributed by atoms with Crippen LogP contribution in [0, 0.1) is 12.1 Å². The van der Waals surface area contributed by atoms with E-state index in [1.54, 1.807) is 6.92 Å². The first-order valence-electron chi connectivity index (χ1n) is 3.01. The molecular formula is C6H5BrClN2O2-. The molecule has 1 heterocycles. The Morgan fingerprint density at radius 2 is 2.33 bits per heavy atom. The predicted octanol–water partition coefficient (Wildman–Crippen LogP) is 2.50. The van der Waals surface area contributed by atoms with Crippen LogP contribution in [0.2, 0.25) is 5.15 Å². The Kier molecular flexibility index (Phi) is 2.89. The minimum Gasteiger partial charge on any atom is -0.733 e. The van der Waals surface area contributed by atoms with Crippen molar-refractivity contribution in [3.8, 4) is 0 Å². The number of anilines is 1. The van der Waals surface area contributed by atoms with Crippen LogP contribution in [-0.2, 0) is 0 Å². The molecule has 0 fully saturated rings. The third-order valence-corrected chi connectivity index (χ3v) is 2.42. The third-order valence-electron chi connectivity index (χ3n) is 1.30. The van der Waals surface area contributed by atoms with Crippen molar-refractivity contribution in [2.45, 2.75) is 6.92 Å². The molecule has 6 heteroatoms. The fourth-order valence-corrected chi connectivity index (χ4v) is 1.22. The molecule has 0 aliphatic carbocycles. The largest absolute Gasteiger partial charge is 0.733 e. The van der Waals surface area contributed by atoms with E-state index < -0.39 is 0 Å². The number of aromatic nitrogens is 1. The number of hydrogen-bond donors (Lipinski definition) is 1. The van der Waals surface area contributed by atoms with Gasteiger partial charge in [-0.15, -0.1) is 0 Å². The van der Waals surface area contributed by atoms with Crippen molar-refractivity contribution in [3.05, 3.63) is 26.6 Å². The van der Waals surface area contributed by atoms with Gasteiger partial charge >= 0.3 is 0 Å². The minimum atomic E-state index is -0.247. The van der Waals surface area contributed by atoms with Crippen LogP contribution in [0.4, 0.5) is 5.69 Å². The smallest absolute Gasteiger partial charge is 0.143 e. The molecule has 1 rings (SSSR count). The maximum Gasteiger partial charge on any atom is 0.143 e. The minimum absolute atomic E-state index is 0.0753. The zero-order valence-electron chi connectivity index (χ0n) is 6.08. The molecule has 1 aromatic rings. The van der Waals surface area contributed by atoms with Crippen LogP contribution in [0.5, 0.6) is 0 Å². The summed E-state index contributed by atoms with van der Waals surface area (Å²) in [4.78, 5) is 3.81. The highest BCUT2D eigenvalue weighted by atomic mass is 79.9. The zero-order valence-corrected chi connectivity index (χ0v) is 8.43. The van der Waals surface area contributed by atoms with Gasteiger partial charge in [-0.3, -0.25) is 5.21 Å². The molecule has 0 aliphatic rings. The summed E-state index contributed by atoms with van der Waals surface area (Å²) in [6, 6.07) is 1.40. The first-order chi connectivity index (χ1) is 5.52. The number of hydrogen-bond acceptors (Lipinski definition) is 4. The standard InChI is InChI=1S/C6H5BrClN2O2/c1-3-5(10(11)12)2-4(7)6(8)9-3/h2,11H,1H3/q-1. The van der Waals surface area contributed by atoms with Crippen molar-refractivity contribution in [2.24, 2.45) is 0 Å². The van der Waals surface area contributed by atoms with Gasteiger partial charge in [-0.1, -0.05) is 11.6 Å². The normalized spacial score (nSPS) is 10.1. The van der Waals surface area contributed by atoms with Gasteiger partial charge < -0.3 is 10.4 Å². The Labute approximate surface area is 82.4 Å². The highest BCUT2D eigenvalue weighted by Gasteiger charge is 2.05. The molecule has 0 aliphatic heterocycles. The maximum absolute atomic E-state index is 10.5. The Hall–Kier alpha value is -0.360. The Morgan fingerprint density at radius 1 is 1.75 bits per heavy atom. The van der Waals surface area contributed by atoms with Crippen molar-refractivity contribution in [2.75, 3.05) is 5.23 Å². The van der Waals surface area contributed by atoms with E-state index in [0.29, 0.717) is 10.2 Å².